The molecule has 1 saturated heterocycles. The smallest absolute Gasteiger partial charge is 0.404 e. The van der Waals surface area contributed by atoms with Crippen molar-refractivity contribution in [2.24, 2.45) is 0 Å². The normalized spacial score (nSPS) is 16.1. The van der Waals surface area contributed by atoms with E-state index in [1.807, 2.05) is 0 Å². The zero-order valence-electron chi connectivity index (χ0n) is 17.5. The maximum Gasteiger partial charge on any atom is 0.573 e. The summed E-state index contributed by atoms with van der Waals surface area (Å²) in [7, 11) is 0. The third-order valence-corrected chi connectivity index (χ3v) is 4.87. The molecule has 3 rings (SSSR count). The highest BCUT2D eigenvalue weighted by Gasteiger charge is 2.52. The van der Waals surface area contributed by atoms with Gasteiger partial charge in [0.1, 0.15) is 5.54 Å². The summed E-state index contributed by atoms with van der Waals surface area (Å²) >= 11 is 0. The molecule has 0 saturated carbocycles. The maximum absolute atomic E-state index is 13.1. The van der Waals surface area contributed by atoms with E-state index in [2.05, 4.69) is 9.72 Å². The van der Waals surface area contributed by atoms with Crippen molar-refractivity contribution in [1.82, 2.24) is 9.88 Å². The minimum absolute atomic E-state index is 0.0243. The van der Waals surface area contributed by atoms with E-state index in [4.69, 9.17) is 0 Å². The summed E-state index contributed by atoms with van der Waals surface area (Å²) in [6, 6.07) is 4.42. The third-order valence-electron chi connectivity index (χ3n) is 4.87. The average Bonchev–Trinajstić information content (AvgIpc) is 2.88. The first kappa shape index (κ1) is 24.8. The van der Waals surface area contributed by atoms with Gasteiger partial charge in [-0.3, -0.25) is 14.6 Å². The van der Waals surface area contributed by atoms with Crippen LogP contribution in [-0.4, -0.2) is 45.8 Å². The van der Waals surface area contributed by atoms with E-state index in [1.165, 1.54) is 36.5 Å². The molecule has 1 aromatic carbocycles. The van der Waals surface area contributed by atoms with Gasteiger partial charge in [0, 0.05) is 18.9 Å². The number of hydrogen-bond donors (Lipinski definition) is 1. The maximum atomic E-state index is 13.1. The lowest BCUT2D eigenvalue weighted by molar-refractivity contribution is -0.274. The fourth-order valence-electron chi connectivity index (χ4n) is 3.16. The van der Waals surface area contributed by atoms with Gasteiger partial charge in [-0.1, -0.05) is 0 Å². The number of urea groups is 1. The highest BCUT2D eigenvalue weighted by Crippen LogP contribution is 2.38. The molecular weight excluding hydrogens is 474 g/mol. The Balaban J connectivity index is 2.00. The Morgan fingerprint density at radius 1 is 1.06 bits per heavy atom. The van der Waals surface area contributed by atoms with E-state index < -0.39 is 47.4 Å². The number of benzene rings is 1. The molecule has 182 valence electrons. The first-order chi connectivity index (χ1) is 15.6. The molecule has 0 radical (unpaired) electrons. The molecule has 0 bridgehead atoms. The number of nitrogens with one attached hydrogen (secondary N) is 1. The van der Waals surface area contributed by atoms with E-state index in [0.717, 1.165) is 6.07 Å². The number of amides is 4. The molecule has 0 spiro atoms. The van der Waals surface area contributed by atoms with Crippen LogP contribution in [0.25, 0.3) is 0 Å². The Kier molecular flexibility index (Phi) is 6.20. The lowest BCUT2D eigenvalue weighted by Crippen LogP contribution is -2.43. The van der Waals surface area contributed by atoms with Crippen LogP contribution in [0.3, 0.4) is 0 Å². The molecule has 1 N–H and O–H groups in total. The zero-order valence-corrected chi connectivity index (χ0v) is 17.5. The first-order valence-corrected chi connectivity index (χ1v) is 9.44. The summed E-state index contributed by atoms with van der Waals surface area (Å²) in [6.45, 7) is 2.84. The molecular formula is C20H16F6N4O4. The minimum atomic E-state index is -5.42. The second-order valence-corrected chi connectivity index (χ2v) is 7.60. The number of hydrogen-bond acceptors (Lipinski definition) is 5. The van der Waals surface area contributed by atoms with Crippen molar-refractivity contribution in [2.45, 2.75) is 38.5 Å². The second-order valence-electron chi connectivity index (χ2n) is 7.60. The van der Waals surface area contributed by atoms with Crippen LogP contribution >= 0.6 is 0 Å². The van der Waals surface area contributed by atoms with Gasteiger partial charge in [0.05, 0.1) is 11.4 Å². The standard InChI is InChI=1S/C20H16F6N4O4/c1-18(2)16(32)30(17(33)29(18)10-11-5-7-27-8-6-11)12-3-4-14(34-20(24,25)26)13(9-12)28-15(31)19(21,22)23/h3-9H,10H2,1-2H3,(H,28,31). The topological polar surface area (TPSA) is 91.8 Å². The Labute approximate surface area is 188 Å². The quantitative estimate of drug-likeness (QED) is 0.501. The highest BCUT2D eigenvalue weighted by atomic mass is 19.4. The fraction of sp³-hybridized carbons (Fsp3) is 0.300. The van der Waals surface area contributed by atoms with Gasteiger partial charge < -0.3 is 15.0 Å². The van der Waals surface area contributed by atoms with Gasteiger partial charge in [0.15, 0.2) is 5.75 Å². The van der Waals surface area contributed by atoms with E-state index in [9.17, 15) is 40.7 Å². The zero-order chi connectivity index (χ0) is 25.5. The number of anilines is 2. The van der Waals surface area contributed by atoms with Gasteiger partial charge in [-0.15, -0.1) is 13.2 Å². The van der Waals surface area contributed by atoms with Crippen LogP contribution in [0.2, 0.25) is 0 Å². The first-order valence-electron chi connectivity index (χ1n) is 9.44. The van der Waals surface area contributed by atoms with Crippen molar-refractivity contribution in [3.8, 4) is 5.75 Å². The van der Waals surface area contributed by atoms with Crippen molar-refractivity contribution < 1.29 is 45.5 Å². The van der Waals surface area contributed by atoms with Crippen LogP contribution in [0.15, 0.2) is 42.7 Å². The van der Waals surface area contributed by atoms with Crippen LogP contribution < -0.4 is 15.0 Å². The fourth-order valence-corrected chi connectivity index (χ4v) is 3.16. The van der Waals surface area contributed by atoms with E-state index in [1.54, 1.807) is 12.1 Å². The van der Waals surface area contributed by atoms with Crippen LogP contribution in [-0.2, 0) is 16.1 Å². The predicted octanol–water partition coefficient (Wildman–Crippen LogP) is 4.23. The highest BCUT2D eigenvalue weighted by molar-refractivity contribution is 6.23. The van der Waals surface area contributed by atoms with E-state index in [0.29, 0.717) is 22.6 Å². The van der Waals surface area contributed by atoms with Gasteiger partial charge in [0.2, 0.25) is 0 Å². The molecule has 1 aromatic heterocycles. The van der Waals surface area contributed by atoms with Gasteiger partial charge in [-0.05, 0) is 49.7 Å². The van der Waals surface area contributed by atoms with Gasteiger partial charge in [0.25, 0.3) is 5.91 Å². The molecule has 1 aliphatic rings. The number of aromatic nitrogens is 1. The molecule has 14 heteroatoms. The number of rotatable bonds is 5. The van der Waals surface area contributed by atoms with Gasteiger partial charge >= 0.3 is 24.5 Å². The summed E-state index contributed by atoms with van der Waals surface area (Å²) in [5, 5.41) is 1.28. The van der Waals surface area contributed by atoms with Crippen molar-refractivity contribution in [2.75, 3.05) is 10.2 Å². The number of pyridine rings is 1. The number of alkyl halides is 6. The van der Waals surface area contributed by atoms with Crippen molar-refractivity contribution in [1.29, 1.82) is 0 Å². The van der Waals surface area contributed by atoms with Crippen molar-refractivity contribution in [3.63, 3.8) is 0 Å². The molecule has 8 nitrogen and oxygen atoms in total. The van der Waals surface area contributed by atoms with Crippen molar-refractivity contribution in [3.05, 3.63) is 48.3 Å². The molecule has 2 aromatic rings. The number of halogens is 6. The Morgan fingerprint density at radius 2 is 1.68 bits per heavy atom. The number of carbonyl (C=O) groups excluding carboxylic acids is 3. The summed E-state index contributed by atoms with van der Waals surface area (Å²) in [5.74, 6) is -4.53. The van der Waals surface area contributed by atoms with Gasteiger partial charge in [-0.25, -0.2) is 9.69 Å². The molecule has 0 unspecified atom stereocenters. The number of ether oxygens (including phenoxy) is 1. The SMILES string of the molecule is CC1(C)C(=O)N(c2ccc(OC(F)(F)F)c(NC(=O)C(F)(F)F)c2)C(=O)N1Cc1ccncc1. The molecule has 34 heavy (non-hydrogen) atoms. The summed E-state index contributed by atoms with van der Waals surface area (Å²) in [5.41, 5.74) is -2.19. The van der Waals surface area contributed by atoms with Crippen LogP contribution in [0.4, 0.5) is 42.5 Å². The van der Waals surface area contributed by atoms with Gasteiger partial charge in [-0.2, -0.15) is 13.2 Å². The summed E-state index contributed by atoms with van der Waals surface area (Å²) in [6.07, 6.45) is -7.77. The molecule has 2 heterocycles. The monoisotopic (exact) mass is 490 g/mol. The Morgan fingerprint density at radius 3 is 2.24 bits per heavy atom. The second kappa shape index (κ2) is 8.50. The Hall–Kier alpha value is -3.84. The minimum Gasteiger partial charge on any atom is -0.404 e. The number of imide groups is 1. The third kappa shape index (κ3) is 5.05. The lowest BCUT2D eigenvalue weighted by atomic mass is 10.0. The molecule has 4 amide bonds. The van der Waals surface area contributed by atoms with E-state index in [-0.39, 0.29) is 12.2 Å². The number of nitrogens with zero attached hydrogens (tertiary/aromatic N) is 3. The molecule has 1 fully saturated rings. The Bertz CT molecular complexity index is 1120. The van der Waals surface area contributed by atoms with Crippen molar-refractivity contribution >= 4 is 29.2 Å². The van der Waals surface area contributed by atoms with Crippen LogP contribution in [0.1, 0.15) is 19.4 Å². The summed E-state index contributed by atoms with van der Waals surface area (Å²) < 4.78 is 79.8. The average molecular weight is 490 g/mol. The predicted molar refractivity (Wildman–Crippen MR) is 105 cm³/mol. The largest absolute Gasteiger partial charge is 0.573 e. The molecule has 1 aliphatic heterocycles. The lowest BCUT2D eigenvalue weighted by Gasteiger charge is -2.27. The number of carbonyl (C=O) groups is 3. The van der Waals surface area contributed by atoms with Crippen LogP contribution in [0.5, 0.6) is 5.75 Å². The molecule has 0 aliphatic carbocycles. The summed E-state index contributed by atoms with van der Waals surface area (Å²) in [4.78, 5) is 43.1. The van der Waals surface area contributed by atoms with E-state index >= 15 is 0 Å². The molecule has 0 atom stereocenters. The van der Waals surface area contributed by atoms with Crippen LogP contribution in [0, 0.1) is 0 Å².